The third kappa shape index (κ3) is 45.8. The van der Waals surface area contributed by atoms with Crippen molar-refractivity contribution in [3.63, 3.8) is 0 Å². The molecule has 0 amide bonds. The zero-order valence-corrected chi connectivity index (χ0v) is 38.9. The maximum Gasteiger partial charge on any atom is 0.472 e. The first-order valence-corrected chi connectivity index (χ1v) is 26.0. The summed E-state index contributed by atoms with van der Waals surface area (Å²) >= 11 is 0. The van der Waals surface area contributed by atoms with Crippen LogP contribution in [0.25, 0.3) is 0 Å². The largest absolute Gasteiger partial charge is 0.472 e. The van der Waals surface area contributed by atoms with E-state index >= 15 is 0 Å². The molecule has 2 atom stereocenters. The second-order valence-corrected chi connectivity index (χ2v) is 17.8. The summed E-state index contributed by atoms with van der Waals surface area (Å²) in [5.74, 6) is -0.342. The highest BCUT2D eigenvalue weighted by molar-refractivity contribution is 7.47. The average Bonchev–Trinajstić information content (AvgIpc) is 3.21. The molecule has 0 heterocycles. The predicted molar refractivity (Wildman–Crippen MR) is 247 cm³/mol. The number of ether oxygens (including phenoxy) is 2. The number of phosphoric acid groups is 1. The second-order valence-electron chi connectivity index (χ2n) is 16.3. The summed E-state index contributed by atoms with van der Waals surface area (Å²) in [5.41, 5.74) is 5.38. The number of rotatable bonds is 47. The van der Waals surface area contributed by atoms with Crippen molar-refractivity contribution in [2.45, 2.75) is 238 Å². The second kappa shape index (κ2) is 46.8. The van der Waals surface area contributed by atoms with Crippen molar-refractivity contribution in [1.82, 2.24) is 0 Å². The molecule has 58 heavy (non-hydrogen) atoms. The molecule has 0 spiro atoms. The molecule has 0 aromatic rings. The fourth-order valence-corrected chi connectivity index (χ4v) is 7.67. The van der Waals surface area contributed by atoms with Gasteiger partial charge in [-0.3, -0.25) is 13.8 Å². The van der Waals surface area contributed by atoms with Crippen LogP contribution < -0.4 is 5.73 Å². The molecule has 9 heteroatoms. The third-order valence-electron chi connectivity index (χ3n) is 10.5. The maximum atomic E-state index is 12.6. The molecule has 0 aliphatic heterocycles. The Morgan fingerprint density at radius 1 is 0.517 bits per heavy atom. The minimum absolute atomic E-state index is 0.0979. The Bertz CT molecular complexity index is 988. The van der Waals surface area contributed by atoms with E-state index in [9.17, 15) is 14.3 Å². The molecule has 0 saturated heterocycles. The Labute approximate surface area is 358 Å². The first kappa shape index (κ1) is 56.7. The Balaban J connectivity index is 3.92. The first-order valence-electron chi connectivity index (χ1n) is 24.5. The van der Waals surface area contributed by atoms with Gasteiger partial charge in [0.15, 0.2) is 0 Å². The number of unbranched alkanes of at least 4 members (excludes halogenated alkanes) is 28. The Kier molecular flexibility index (Phi) is 45.7. The number of esters is 1. The Morgan fingerprint density at radius 2 is 0.914 bits per heavy atom. The van der Waals surface area contributed by atoms with Gasteiger partial charge in [-0.15, -0.1) is 0 Å². The molecule has 342 valence electrons. The highest BCUT2D eigenvalue weighted by Crippen LogP contribution is 2.43. The summed E-state index contributed by atoms with van der Waals surface area (Å²) in [6, 6.07) is 0. The van der Waals surface area contributed by atoms with Gasteiger partial charge >= 0.3 is 13.8 Å². The van der Waals surface area contributed by atoms with E-state index in [0.29, 0.717) is 13.0 Å². The van der Waals surface area contributed by atoms with E-state index in [2.05, 4.69) is 50.3 Å². The van der Waals surface area contributed by atoms with Crippen LogP contribution in [0.4, 0.5) is 0 Å². The van der Waals surface area contributed by atoms with Gasteiger partial charge in [-0.25, -0.2) is 4.57 Å². The lowest BCUT2D eigenvalue weighted by molar-refractivity contribution is -0.154. The minimum atomic E-state index is -4.28. The maximum absolute atomic E-state index is 12.6. The zero-order valence-electron chi connectivity index (χ0n) is 38.0. The minimum Gasteiger partial charge on any atom is -0.457 e. The van der Waals surface area contributed by atoms with Crippen LogP contribution in [0.5, 0.6) is 0 Å². The van der Waals surface area contributed by atoms with Gasteiger partial charge in [0.05, 0.1) is 19.8 Å². The first-order chi connectivity index (χ1) is 28.4. The van der Waals surface area contributed by atoms with Crippen molar-refractivity contribution in [2.24, 2.45) is 5.73 Å². The normalized spacial score (nSPS) is 13.7. The zero-order chi connectivity index (χ0) is 42.3. The van der Waals surface area contributed by atoms with Crippen LogP contribution >= 0.6 is 7.82 Å². The molecule has 0 aliphatic rings. The van der Waals surface area contributed by atoms with Crippen LogP contribution in [0.3, 0.4) is 0 Å². The summed E-state index contributed by atoms with van der Waals surface area (Å²) in [4.78, 5) is 22.5. The third-order valence-corrected chi connectivity index (χ3v) is 11.5. The molecule has 2 unspecified atom stereocenters. The smallest absolute Gasteiger partial charge is 0.457 e. The van der Waals surface area contributed by atoms with E-state index in [1.165, 1.54) is 154 Å². The van der Waals surface area contributed by atoms with Gasteiger partial charge in [0.25, 0.3) is 0 Å². The van der Waals surface area contributed by atoms with Crippen LogP contribution in [0.2, 0.25) is 0 Å². The Hall–Kier alpha value is -1.28. The molecule has 0 fully saturated rings. The molecule has 0 radical (unpaired) electrons. The van der Waals surface area contributed by atoms with Gasteiger partial charge in [0.2, 0.25) is 0 Å². The van der Waals surface area contributed by atoms with Gasteiger partial charge in [0, 0.05) is 19.6 Å². The summed E-state index contributed by atoms with van der Waals surface area (Å²) in [6.07, 6.45) is 54.6. The number of carbonyl (C=O) groups is 1. The van der Waals surface area contributed by atoms with Gasteiger partial charge < -0.3 is 20.1 Å². The van der Waals surface area contributed by atoms with Gasteiger partial charge in [-0.1, -0.05) is 192 Å². The predicted octanol–water partition coefficient (Wildman–Crippen LogP) is 15.0. The van der Waals surface area contributed by atoms with Crippen molar-refractivity contribution in [3.8, 4) is 0 Å². The lowest BCUT2D eigenvalue weighted by Crippen LogP contribution is -2.28. The van der Waals surface area contributed by atoms with E-state index in [-0.39, 0.29) is 32.3 Å². The summed E-state index contributed by atoms with van der Waals surface area (Å²) < 4.78 is 33.5. The van der Waals surface area contributed by atoms with Crippen molar-refractivity contribution in [2.75, 3.05) is 33.0 Å². The van der Waals surface area contributed by atoms with Gasteiger partial charge in [-0.05, 0) is 70.6 Å². The number of carbonyl (C=O) groups excluding carboxylic acids is 1. The molecule has 0 saturated carbocycles. The van der Waals surface area contributed by atoms with Crippen LogP contribution in [0, 0.1) is 0 Å². The molecule has 0 rings (SSSR count). The van der Waals surface area contributed by atoms with Crippen molar-refractivity contribution in [1.29, 1.82) is 0 Å². The van der Waals surface area contributed by atoms with Crippen molar-refractivity contribution >= 4 is 13.8 Å². The summed E-state index contributed by atoms with van der Waals surface area (Å²) in [5, 5.41) is 0. The van der Waals surface area contributed by atoms with Crippen LogP contribution in [0.1, 0.15) is 232 Å². The monoisotopic (exact) mass is 840 g/mol. The number of allylic oxidation sites excluding steroid dienone is 6. The standard InChI is InChI=1S/C49H94NO7P/c1-3-5-7-9-11-13-15-17-19-20-21-22-23-24-25-26-27-29-31-33-35-37-39-41-44-54-46-48(47-56-58(52,53)55-45-43-50)57-49(51)42-40-38-36-34-32-30-28-18-16-14-12-10-8-6-4-2/h12,14,18,20-21,28,48H,3-11,13,15-17,19,22-27,29-47,50H2,1-2H3,(H,52,53)/b14-12-,21-20-,28-18-. The van der Waals surface area contributed by atoms with Crippen LogP contribution in [-0.4, -0.2) is 49.9 Å². The molecule has 0 aromatic carbocycles. The number of hydrogen-bond donors (Lipinski definition) is 2. The fraction of sp³-hybridized carbons (Fsp3) is 0.857. The lowest BCUT2D eigenvalue weighted by Gasteiger charge is -2.20. The number of hydrogen-bond acceptors (Lipinski definition) is 7. The van der Waals surface area contributed by atoms with E-state index in [1.54, 1.807) is 0 Å². The summed E-state index contributed by atoms with van der Waals surface area (Å²) in [6.45, 7) is 4.90. The van der Waals surface area contributed by atoms with Crippen molar-refractivity contribution < 1.29 is 32.8 Å². The van der Waals surface area contributed by atoms with E-state index < -0.39 is 13.9 Å². The van der Waals surface area contributed by atoms with Crippen molar-refractivity contribution in [3.05, 3.63) is 36.5 Å². The van der Waals surface area contributed by atoms with E-state index in [0.717, 1.165) is 57.8 Å². The SMILES string of the molecule is CCCCC/C=C\C/C=C\CCCCCCCC(=O)OC(COCCCCCCCCCCCCCC/C=C\CCCCCCCCCC)COP(=O)(O)OCCN. The molecule has 0 aromatic heterocycles. The lowest BCUT2D eigenvalue weighted by atomic mass is 10.0. The van der Waals surface area contributed by atoms with Crippen LogP contribution in [-0.2, 0) is 27.9 Å². The highest BCUT2D eigenvalue weighted by atomic mass is 31.2. The highest BCUT2D eigenvalue weighted by Gasteiger charge is 2.25. The quantitative estimate of drug-likeness (QED) is 0.0269. The Morgan fingerprint density at radius 3 is 1.40 bits per heavy atom. The average molecular weight is 840 g/mol. The molecule has 8 nitrogen and oxygen atoms in total. The van der Waals surface area contributed by atoms with Crippen LogP contribution in [0.15, 0.2) is 36.5 Å². The molecule has 0 bridgehead atoms. The van der Waals surface area contributed by atoms with E-state index in [1.807, 2.05) is 0 Å². The molecule has 3 N–H and O–H groups in total. The topological polar surface area (TPSA) is 117 Å². The molecule has 0 aliphatic carbocycles. The molecular formula is C49H94NO7P. The molecular weight excluding hydrogens is 746 g/mol. The summed E-state index contributed by atoms with van der Waals surface area (Å²) in [7, 11) is -4.28. The van der Waals surface area contributed by atoms with Gasteiger partial charge in [-0.2, -0.15) is 0 Å². The number of nitrogens with two attached hydrogens (primary N) is 1. The van der Waals surface area contributed by atoms with Gasteiger partial charge in [0.1, 0.15) is 6.10 Å². The van der Waals surface area contributed by atoms with E-state index in [4.69, 9.17) is 24.3 Å². The fourth-order valence-electron chi connectivity index (χ4n) is 6.91. The number of phosphoric ester groups is 1.